The van der Waals surface area contributed by atoms with Gasteiger partial charge >= 0.3 is 5.97 Å². The number of hydrogen-bond acceptors (Lipinski definition) is 3. The molecule has 1 aromatic rings. The van der Waals surface area contributed by atoms with Gasteiger partial charge in [-0.05, 0) is 0 Å². The number of H-pyrrole nitrogens is 1. The molecule has 0 aromatic carbocycles. The van der Waals surface area contributed by atoms with Crippen LogP contribution < -0.4 is 5.43 Å². The van der Waals surface area contributed by atoms with Gasteiger partial charge in [0.05, 0.1) is 0 Å². The van der Waals surface area contributed by atoms with E-state index in [1.54, 1.807) is 0 Å². The third-order valence-corrected chi connectivity index (χ3v) is 0.922. The Kier molecular flexibility index (Phi) is 1.49. The molecule has 0 amide bonds. The molecule has 0 radical (unpaired) electrons. The first kappa shape index (κ1) is 6.47. The SMILES string of the molecule is O=C(O)c1n[nH]ccc1=O. The van der Waals surface area contributed by atoms with E-state index in [4.69, 9.17) is 5.11 Å². The van der Waals surface area contributed by atoms with Crippen LogP contribution in [0, 0.1) is 0 Å². The fraction of sp³-hybridized carbons (Fsp3) is 0. The number of aromatic nitrogens is 2. The topological polar surface area (TPSA) is 83.0 Å². The number of aromatic carboxylic acids is 1. The number of carboxylic acid groups (broad SMARTS) is 1. The van der Waals surface area contributed by atoms with Gasteiger partial charge < -0.3 is 5.11 Å². The molecule has 0 spiro atoms. The molecule has 0 aliphatic rings. The van der Waals surface area contributed by atoms with Crippen LogP contribution in [0.5, 0.6) is 0 Å². The van der Waals surface area contributed by atoms with Crippen LogP contribution in [0.15, 0.2) is 17.1 Å². The van der Waals surface area contributed by atoms with Crippen molar-refractivity contribution in [2.75, 3.05) is 0 Å². The van der Waals surface area contributed by atoms with Crippen LogP contribution in [0.4, 0.5) is 0 Å². The summed E-state index contributed by atoms with van der Waals surface area (Å²) in [5.41, 5.74) is -1.08. The standard InChI is InChI=1S/C5H4N2O3/c8-3-1-2-6-7-4(3)5(9)10/h1-2H,(H,6,8)(H,9,10). The highest BCUT2D eigenvalue weighted by Crippen LogP contribution is 1.79. The zero-order valence-electron chi connectivity index (χ0n) is 4.87. The van der Waals surface area contributed by atoms with E-state index in [1.807, 2.05) is 0 Å². The summed E-state index contributed by atoms with van der Waals surface area (Å²) in [7, 11) is 0. The van der Waals surface area contributed by atoms with Gasteiger partial charge in [-0.3, -0.25) is 9.89 Å². The molecule has 2 N–H and O–H groups in total. The van der Waals surface area contributed by atoms with Crippen molar-refractivity contribution in [3.05, 3.63) is 28.2 Å². The Hall–Kier alpha value is -1.65. The van der Waals surface area contributed by atoms with Crippen molar-refractivity contribution in [3.63, 3.8) is 0 Å². The maximum atomic E-state index is 10.6. The van der Waals surface area contributed by atoms with E-state index in [-0.39, 0.29) is 0 Å². The van der Waals surface area contributed by atoms with Crippen LogP contribution in [0.25, 0.3) is 0 Å². The summed E-state index contributed by atoms with van der Waals surface area (Å²) in [5.74, 6) is -1.32. The van der Waals surface area contributed by atoms with Crippen molar-refractivity contribution in [1.82, 2.24) is 10.2 Å². The van der Waals surface area contributed by atoms with Crippen molar-refractivity contribution < 1.29 is 9.90 Å². The highest BCUT2D eigenvalue weighted by atomic mass is 16.4. The van der Waals surface area contributed by atoms with Crippen LogP contribution in [0.2, 0.25) is 0 Å². The highest BCUT2D eigenvalue weighted by molar-refractivity contribution is 5.84. The molecule has 0 unspecified atom stereocenters. The molecule has 1 heterocycles. The molecular formula is C5H4N2O3. The van der Waals surface area contributed by atoms with Gasteiger partial charge in [0.15, 0.2) is 0 Å². The second-order valence-corrected chi connectivity index (χ2v) is 1.59. The van der Waals surface area contributed by atoms with Crippen molar-refractivity contribution in [2.24, 2.45) is 0 Å². The monoisotopic (exact) mass is 140 g/mol. The zero-order chi connectivity index (χ0) is 7.56. The van der Waals surface area contributed by atoms with E-state index < -0.39 is 17.1 Å². The minimum atomic E-state index is -1.32. The number of rotatable bonds is 1. The number of aromatic amines is 1. The van der Waals surface area contributed by atoms with Gasteiger partial charge in [0, 0.05) is 12.3 Å². The lowest BCUT2D eigenvalue weighted by molar-refractivity contribution is 0.0687. The molecule has 5 heteroatoms. The van der Waals surface area contributed by atoms with Crippen LogP contribution in [-0.2, 0) is 0 Å². The second-order valence-electron chi connectivity index (χ2n) is 1.59. The van der Waals surface area contributed by atoms with Crippen LogP contribution in [-0.4, -0.2) is 21.3 Å². The molecule has 1 aromatic heterocycles. The van der Waals surface area contributed by atoms with E-state index in [1.165, 1.54) is 6.20 Å². The highest BCUT2D eigenvalue weighted by Gasteiger charge is 2.07. The molecule has 0 aliphatic heterocycles. The average Bonchev–Trinajstić information content (AvgIpc) is 1.88. The Morgan fingerprint density at radius 1 is 1.70 bits per heavy atom. The van der Waals surface area contributed by atoms with Gasteiger partial charge in [-0.15, -0.1) is 0 Å². The van der Waals surface area contributed by atoms with Gasteiger partial charge in [-0.25, -0.2) is 4.79 Å². The Bertz CT molecular complexity index is 304. The van der Waals surface area contributed by atoms with Crippen molar-refractivity contribution >= 4 is 5.97 Å². The minimum absolute atomic E-state index is 0.484. The van der Waals surface area contributed by atoms with Crippen LogP contribution >= 0.6 is 0 Å². The fourth-order valence-electron chi connectivity index (χ4n) is 0.502. The molecule has 10 heavy (non-hydrogen) atoms. The Morgan fingerprint density at radius 3 is 2.80 bits per heavy atom. The Labute approximate surface area is 55.3 Å². The minimum Gasteiger partial charge on any atom is -0.476 e. The lowest BCUT2D eigenvalue weighted by Crippen LogP contribution is -2.16. The summed E-state index contributed by atoms with van der Waals surface area (Å²) in [5, 5.41) is 13.8. The molecule has 52 valence electrons. The average molecular weight is 140 g/mol. The van der Waals surface area contributed by atoms with Crippen LogP contribution in [0.3, 0.4) is 0 Å². The summed E-state index contributed by atoms with van der Waals surface area (Å²) in [6, 6.07) is 1.11. The van der Waals surface area contributed by atoms with Crippen molar-refractivity contribution in [3.8, 4) is 0 Å². The van der Waals surface area contributed by atoms with E-state index in [0.717, 1.165) is 6.07 Å². The maximum absolute atomic E-state index is 10.6. The number of carbonyl (C=O) groups is 1. The summed E-state index contributed by atoms with van der Waals surface area (Å²) < 4.78 is 0. The molecule has 1 rings (SSSR count). The first-order chi connectivity index (χ1) is 4.72. The largest absolute Gasteiger partial charge is 0.476 e. The Balaban J connectivity index is 3.29. The normalized spacial score (nSPS) is 9.20. The Morgan fingerprint density at radius 2 is 2.40 bits per heavy atom. The smallest absolute Gasteiger partial charge is 0.360 e. The second kappa shape index (κ2) is 2.30. The summed E-state index contributed by atoms with van der Waals surface area (Å²) >= 11 is 0. The third-order valence-electron chi connectivity index (χ3n) is 0.922. The lowest BCUT2D eigenvalue weighted by atomic mass is 10.4. The van der Waals surface area contributed by atoms with E-state index in [0.29, 0.717) is 0 Å². The quantitative estimate of drug-likeness (QED) is 0.549. The van der Waals surface area contributed by atoms with Crippen molar-refractivity contribution in [1.29, 1.82) is 0 Å². The molecule has 0 aliphatic carbocycles. The van der Waals surface area contributed by atoms with Crippen LogP contribution in [0.1, 0.15) is 10.5 Å². The molecule has 0 atom stereocenters. The van der Waals surface area contributed by atoms with Gasteiger partial charge in [0.1, 0.15) is 0 Å². The van der Waals surface area contributed by atoms with Gasteiger partial charge in [0.2, 0.25) is 11.1 Å². The molecular weight excluding hydrogens is 136 g/mol. The summed E-state index contributed by atoms with van der Waals surface area (Å²) in [6.07, 6.45) is 1.27. The molecule has 0 fully saturated rings. The zero-order valence-corrected chi connectivity index (χ0v) is 4.87. The summed E-state index contributed by atoms with van der Waals surface area (Å²) in [6.45, 7) is 0. The van der Waals surface area contributed by atoms with Gasteiger partial charge in [0.25, 0.3) is 0 Å². The lowest BCUT2D eigenvalue weighted by Gasteiger charge is -1.87. The molecule has 0 saturated heterocycles. The maximum Gasteiger partial charge on any atom is 0.360 e. The fourth-order valence-corrected chi connectivity index (χ4v) is 0.502. The number of hydrogen-bond donors (Lipinski definition) is 2. The number of nitrogens with one attached hydrogen (secondary N) is 1. The van der Waals surface area contributed by atoms with Crippen molar-refractivity contribution in [2.45, 2.75) is 0 Å². The molecule has 5 nitrogen and oxygen atoms in total. The molecule has 0 bridgehead atoms. The first-order valence-corrected chi connectivity index (χ1v) is 2.49. The van der Waals surface area contributed by atoms with Gasteiger partial charge in [-0.2, -0.15) is 5.10 Å². The third kappa shape index (κ3) is 1.02. The predicted molar refractivity (Wildman–Crippen MR) is 31.8 cm³/mol. The first-order valence-electron chi connectivity index (χ1n) is 2.49. The van der Waals surface area contributed by atoms with E-state index in [9.17, 15) is 9.59 Å². The molecule has 0 saturated carbocycles. The number of carboxylic acids is 1. The number of nitrogens with zero attached hydrogens (tertiary/aromatic N) is 1. The summed E-state index contributed by atoms with van der Waals surface area (Å²) in [4.78, 5) is 20.7. The van der Waals surface area contributed by atoms with Gasteiger partial charge in [-0.1, -0.05) is 0 Å². The van der Waals surface area contributed by atoms with E-state index >= 15 is 0 Å². The van der Waals surface area contributed by atoms with E-state index in [2.05, 4.69) is 10.2 Å². The predicted octanol–water partition coefficient (Wildman–Crippen LogP) is -0.532.